The van der Waals surface area contributed by atoms with Gasteiger partial charge in [-0.05, 0) is 36.4 Å². The number of benzene rings is 1. The van der Waals surface area contributed by atoms with Crippen LogP contribution in [0, 0.1) is 0 Å². The highest BCUT2D eigenvalue weighted by atomic mass is 16.3. The van der Waals surface area contributed by atoms with E-state index in [2.05, 4.69) is 4.98 Å². The molecule has 3 rings (SSSR count). The minimum absolute atomic E-state index is 0.0333. The molecule has 2 heterocycles. The number of fused-ring (bicyclic) bond motifs is 1. The fraction of sp³-hybridized carbons (Fsp3) is 0. The maximum Gasteiger partial charge on any atom is 0.199 e. The predicted molar refractivity (Wildman–Crippen MR) is 75.6 cm³/mol. The Labute approximate surface area is 109 Å². The molecular formula is C16H11NO2. The molecule has 0 radical (unpaired) electrons. The van der Waals surface area contributed by atoms with Gasteiger partial charge in [0.15, 0.2) is 5.43 Å². The Morgan fingerprint density at radius 1 is 1.00 bits per heavy atom. The first kappa shape index (κ1) is 11.4. The molecule has 0 saturated heterocycles. The van der Waals surface area contributed by atoms with Crippen molar-refractivity contribution in [2.45, 2.75) is 0 Å². The summed E-state index contributed by atoms with van der Waals surface area (Å²) < 4.78 is 5.44. The molecule has 3 aromatic rings. The average molecular weight is 249 g/mol. The Balaban J connectivity index is 2.05. The molecule has 0 fully saturated rings. The van der Waals surface area contributed by atoms with Crippen molar-refractivity contribution in [3.05, 3.63) is 76.4 Å². The van der Waals surface area contributed by atoms with Gasteiger partial charge < -0.3 is 4.42 Å². The lowest BCUT2D eigenvalue weighted by Gasteiger charge is -1.97. The van der Waals surface area contributed by atoms with E-state index in [0.29, 0.717) is 16.5 Å². The molecule has 0 amide bonds. The van der Waals surface area contributed by atoms with Gasteiger partial charge in [0.05, 0.1) is 16.6 Å². The van der Waals surface area contributed by atoms with E-state index < -0.39 is 0 Å². The van der Waals surface area contributed by atoms with Crippen molar-refractivity contribution >= 4 is 23.1 Å². The summed E-state index contributed by atoms with van der Waals surface area (Å²) in [5, 5.41) is 0.589. The molecule has 1 aromatic carbocycles. The van der Waals surface area contributed by atoms with E-state index >= 15 is 0 Å². The third kappa shape index (κ3) is 2.31. The van der Waals surface area contributed by atoms with Crippen LogP contribution in [0.3, 0.4) is 0 Å². The maximum atomic E-state index is 12.2. The first-order valence-electron chi connectivity index (χ1n) is 5.94. The van der Waals surface area contributed by atoms with Crippen molar-refractivity contribution in [1.29, 1.82) is 0 Å². The van der Waals surface area contributed by atoms with Gasteiger partial charge in [0, 0.05) is 6.20 Å². The molecule has 0 aliphatic rings. The predicted octanol–water partition coefficient (Wildman–Crippen LogP) is 3.36. The Morgan fingerprint density at radius 3 is 2.68 bits per heavy atom. The van der Waals surface area contributed by atoms with E-state index in [1.165, 1.54) is 6.26 Å². The number of para-hydroxylation sites is 1. The molecule has 0 unspecified atom stereocenters. The molecule has 0 aliphatic heterocycles. The molecule has 0 atom stereocenters. The number of hydrogen-bond acceptors (Lipinski definition) is 3. The quantitative estimate of drug-likeness (QED) is 0.699. The number of rotatable bonds is 2. The normalized spacial score (nSPS) is 11.2. The number of pyridine rings is 1. The van der Waals surface area contributed by atoms with Crippen LogP contribution in [0.1, 0.15) is 11.3 Å². The summed E-state index contributed by atoms with van der Waals surface area (Å²) in [4.78, 5) is 16.4. The third-order valence-electron chi connectivity index (χ3n) is 2.83. The molecule has 19 heavy (non-hydrogen) atoms. The summed E-state index contributed by atoms with van der Waals surface area (Å²) in [6, 6.07) is 12.8. The van der Waals surface area contributed by atoms with Crippen LogP contribution in [0.4, 0.5) is 0 Å². The van der Waals surface area contributed by atoms with Crippen molar-refractivity contribution in [2.24, 2.45) is 0 Å². The summed E-state index contributed by atoms with van der Waals surface area (Å²) in [6.45, 7) is 0. The SMILES string of the molecule is O=c1c(/C=C/c2ccccn2)coc2ccccc12. The van der Waals surface area contributed by atoms with Crippen LogP contribution in [-0.2, 0) is 0 Å². The molecule has 0 N–H and O–H groups in total. The van der Waals surface area contributed by atoms with Gasteiger partial charge in [0.25, 0.3) is 0 Å². The molecule has 0 bridgehead atoms. The summed E-state index contributed by atoms with van der Waals surface area (Å²) in [5.74, 6) is 0. The van der Waals surface area contributed by atoms with Gasteiger partial charge in [-0.3, -0.25) is 9.78 Å². The molecule has 3 heteroatoms. The first-order valence-corrected chi connectivity index (χ1v) is 5.94. The zero-order valence-corrected chi connectivity index (χ0v) is 10.1. The highest BCUT2D eigenvalue weighted by Gasteiger charge is 2.03. The standard InChI is InChI=1S/C16H11NO2/c18-16-12(8-9-13-5-3-4-10-17-13)11-19-15-7-2-1-6-14(15)16/h1-11H/b9-8+. The summed E-state index contributed by atoms with van der Waals surface area (Å²) in [7, 11) is 0. The van der Waals surface area contributed by atoms with Crippen LogP contribution in [0.2, 0.25) is 0 Å². The Bertz CT molecular complexity index is 788. The summed E-state index contributed by atoms with van der Waals surface area (Å²) in [6.07, 6.45) is 6.70. The highest BCUT2D eigenvalue weighted by molar-refractivity contribution is 5.80. The second-order valence-electron chi connectivity index (χ2n) is 4.10. The molecule has 0 saturated carbocycles. The third-order valence-corrected chi connectivity index (χ3v) is 2.83. The van der Waals surface area contributed by atoms with Crippen molar-refractivity contribution in [3.8, 4) is 0 Å². The largest absolute Gasteiger partial charge is 0.463 e. The second kappa shape index (κ2) is 4.90. The van der Waals surface area contributed by atoms with E-state index in [1.807, 2.05) is 30.3 Å². The van der Waals surface area contributed by atoms with Crippen molar-refractivity contribution in [2.75, 3.05) is 0 Å². The van der Waals surface area contributed by atoms with Gasteiger partial charge in [-0.25, -0.2) is 0 Å². The van der Waals surface area contributed by atoms with E-state index in [0.717, 1.165) is 5.69 Å². The zero-order chi connectivity index (χ0) is 13.1. The zero-order valence-electron chi connectivity index (χ0n) is 10.1. The van der Waals surface area contributed by atoms with Crippen LogP contribution < -0.4 is 5.43 Å². The maximum absolute atomic E-state index is 12.2. The van der Waals surface area contributed by atoms with Crippen LogP contribution in [-0.4, -0.2) is 4.98 Å². The Morgan fingerprint density at radius 2 is 1.84 bits per heavy atom. The van der Waals surface area contributed by atoms with Crippen molar-refractivity contribution in [1.82, 2.24) is 4.98 Å². The monoisotopic (exact) mass is 249 g/mol. The average Bonchev–Trinajstić information content (AvgIpc) is 2.48. The van der Waals surface area contributed by atoms with E-state index in [4.69, 9.17) is 4.42 Å². The number of aromatic nitrogens is 1. The minimum Gasteiger partial charge on any atom is -0.463 e. The highest BCUT2D eigenvalue weighted by Crippen LogP contribution is 2.11. The van der Waals surface area contributed by atoms with Gasteiger partial charge in [-0.1, -0.05) is 18.2 Å². The summed E-state index contributed by atoms with van der Waals surface area (Å²) >= 11 is 0. The molecule has 0 aliphatic carbocycles. The molecule has 3 nitrogen and oxygen atoms in total. The van der Waals surface area contributed by atoms with Crippen molar-refractivity contribution in [3.63, 3.8) is 0 Å². The lowest BCUT2D eigenvalue weighted by Crippen LogP contribution is -2.04. The minimum atomic E-state index is -0.0333. The number of hydrogen-bond donors (Lipinski definition) is 0. The molecule has 0 spiro atoms. The van der Waals surface area contributed by atoms with Gasteiger partial charge in [0.2, 0.25) is 0 Å². The van der Waals surface area contributed by atoms with Crippen LogP contribution >= 0.6 is 0 Å². The number of nitrogens with zero attached hydrogens (tertiary/aromatic N) is 1. The molecular weight excluding hydrogens is 238 g/mol. The first-order chi connectivity index (χ1) is 9.34. The fourth-order valence-electron chi connectivity index (χ4n) is 1.86. The second-order valence-corrected chi connectivity index (χ2v) is 4.10. The van der Waals surface area contributed by atoms with E-state index in [1.54, 1.807) is 30.5 Å². The fourth-order valence-corrected chi connectivity index (χ4v) is 1.86. The van der Waals surface area contributed by atoms with Crippen molar-refractivity contribution < 1.29 is 4.42 Å². The molecule has 2 aromatic heterocycles. The van der Waals surface area contributed by atoms with Gasteiger partial charge in [-0.15, -0.1) is 0 Å². The van der Waals surface area contributed by atoms with Crippen LogP contribution in [0.5, 0.6) is 0 Å². The smallest absolute Gasteiger partial charge is 0.199 e. The van der Waals surface area contributed by atoms with Gasteiger partial charge in [-0.2, -0.15) is 0 Å². The van der Waals surface area contributed by atoms with Gasteiger partial charge >= 0.3 is 0 Å². The lowest BCUT2D eigenvalue weighted by atomic mass is 10.1. The lowest BCUT2D eigenvalue weighted by molar-refractivity contribution is 0.601. The van der Waals surface area contributed by atoms with Crippen LogP contribution in [0.25, 0.3) is 23.1 Å². The van der Waals surface area contributed by atoms with Gasteiger partial charge in [0.1, 0.15) is 11.8 Å². The van der Waals surface area contributed by atoms with Crippen LogP contribution in [0.15, 0.2) is 64.1 Å². The van der Waals surface area contributed by atoms with E-state index in [-0.39, 0.29) is 5.43 Å². The Hall–Kier alpha value is -2.68. The Kier molecular flexibility index (Phi) is 2.94. The molecule has 92 valence electrons. The topological polar surface area (TPSA) is 43.1 Å². The summed E-state index contributed by atoms with van der Waals surface area (Å²) in [5.41, 5.74) is 1.89. The van der Waals surface area contributed by atoms with E-state index in [9.17, 15) is 4.79 Å².